The molecule has 0 atom stereocenters. The lowest BCUT2D eigenvalue weighted by Crippen LogP contribution is -2.26. The Morgan fingerprint density at radius 3 is 1.79 bits per heavy atom. The molecule has 0 fully saturated rings. The van der Waals surface area contributed by atoms with Gasteiger partial charge in [-0.1, -0.05) is 19.1 Å². The van der Waals surface area contributed by atoms with E-state index in [4.69, 9.17) is 18.9 Å². The van der Waals surface area contributed by atoms with Gasteiger partial charge < -0.3 is 18.9 Å². The molecule has 0 aliphatic carbocycles. The molecule has 7 nitrogen and oxygen atoms in total. The predicted molar refractivity (Wildman–Crippen MR) is 167 cm³/mol. The van der Waals surface area contributed by atoms with Crippen molar-refractivity contribution in [1.29, 1.82) is 0 Å². The molecule has 0 saturated carbocycles. The molecule has 0 spiro atoms. The fourth-order valence-corrected chi connectivity index (χ4v) is 3.81. The maximum absolute atomic E-state index is 13.3. The van der Waals surface area contributed by atoms with Crippen LogP contribution < -0.4 is 18.9 Å². The predicted octanol–water partition coefficient (Wildman–Crippen LogP) is 7.74. The molecule has 0 N–H and O–H groups in total. The van der Waals surface area contributed by atoms with E-state index in [1.165, 1.54) is 6.08 Å². The van der Waals surface area contributed by atoms with E-state index in [2.05, 4.69) is 13.2 Å². The number of methoxy groups -OCH3 is 1. The van der Waals surface area contributed by atoms with Crippen LogP contribution >= 0.6 is 0 Å². The first-order valence-corrected chi connectivity index (χ1v) is 14.1. The second kappa shape index (κ2) is 14.7. The standard InChI is InChI=1S/C35H44O7/c1-11-14-25-29(39-10)26(15-12-2)31(42-33(38)35(7,8)9)27(30(25)40-22-13-3)20-21-28(36)23-16-18-24(19-17-23)41-32(37)34(4,5)6/h11-12,16-21H,1-2,13-15,22H2,3-10H3. The van der Waals surface area contributed by atoms with E-state index >= 15 is 0 Å². The summed E-state index contributed by atoms with van der Waals surface area (Å²) in [7, 11) is 1.55. The summed E-state index contributed by atoms with van der Waals surface area (Å²) in [5, 5.41) is 0. The molecule has 7 heteroatoms. The average Bonchev–Trinajstić information content (AvgIpc) is 2.92. The van der Waals surface area contributed by atoms with E-state index < -0.39 is 16.8 Å². The van der Waals surface area contributed by atoms with Crippen LogP contribution in [-0.4, -0.2) is 31.4 Å². The normalized spacial score (nSPS) is 11.6. The maximum Gasteiger partial charge on any atom is 0.316 e. The Bertz CT molecular complexity index is 1330. The minimum Gasteiger partial charge on any atom is -0.496 e. The SMILES string of the molecule is C=CCc1c(OCCC)c(C=CC(=O)c2ccc(OC(=O)C(C)(C)C)cc2)c(OC(=O)C(C)(C)C)c(CC=C)c1OC. The third-order valence-corrected chi connectivity index (χ3v) is 6.11. The molecular weight excluding hydrogens is 532 g/mol. The molecule has 0 heterocycles. The van der Waals surface area contributed by atoms with Crippen LogP contribution in [0, 0.1) is 10.8 Å². The Kier molecular flexibility index (Phi) is 11.9. The van der Waals surface area contributed by atoms with E-state index in [-0.39, 0.29) is 17.5 Å². The Balaban J connectivity index is 2.70. The van der Waals surface area contributed by atoms with Crippen LogP contribution in [0.3, 0.4) is 0 Å². The lowest BCUT2D eigenvalue weighted by Gasteiger charge is -2.25. The van der Waals surface area contributed by atoms with E-state index in [9.17, 15) is 14.4 Å². The first-order chi connectivity index (χ1) is 19.7. The third-order valence-electron chi connectivity index (χ3n) is 6.11. The third kappa shape index (κ3) is 8.68. The van der Waals surface area contributed by atoms with Gasteiger partial charge in [-0.25, -0.2) is 0 Å². The zero-order chi connectivity index (χ0) is 31.7. The van der Waals surface area contributed by atoms with Crippen molar-refractivity contribution in [2.24, 2.45) is 10.8 Å². The fourth-order valence-electron chi connectivity index (χ4n) is 3.81. The van der Waals surface area contributed by atoms with E-state index in [1.54, 1.807) is 91.1 Å². The van der Waals surface area contributed by atoms with Gasteiger partial charge in [-0.3, -0.25) is 14.4 Å². The molecule has 226 valence electrons. The lowest BCUT2D eigenvalue weighted by molar-refractivity contribution is -0.143. The zero-order valence-corrected chi connectivity index (χ0v) is 26.2. The summed E-state index contributed by atoms with van der Waals surface area (Å²) in [4.78, 5) is 38.6. The first-order valence-electron chi connectivity index (χ1n) is 14.1. The molecule has 2 rings (SSSR count). The fraction of sp³-hybridized carbons (Fsp3) is 0.400. The van der Waals surface area contributed by atoms with Gasteiger partial charge in [0, 0.05) is 16.7 Å². The van der Waals surface area contributed by atoms with Gasteiger partial charge in [-0.2, -0.15) is 0 Å². The summed E-state index contributed by atoms with van der Waals surface area (Å²) in [6.45, 7) is 20.7. The Morgan fingerprint density at radius 2 is 1.31 bits per heavy atom. The highest BCUT2D eigenvalue weighted by Gasteiger charge is 2.30. The Hall–Kier alpha value is -4.13. The summed E-state index contributed by atoms with van der Waals surface area (Å²) in [6.07, 6.45) is 7.94. The number of allylic oxidation sites excluding steroid dienone is 3. The molecule has 0 amide bonds. The van der Waals surface area contributed by atoms with Gasteiger partial charge >= 0.3 is 11.9 Å². The molecule has 0 radical (unpaired) electrons. The minimum absolute atomic E-state index is 0.249. The number of benzene rings is 2. The Labute approximate surface area is 250 Å². The molecule has 0 aliphatic heterocycles. The second-order valence-corrected chi connectivity index (χ2v) is 11.9. The van der Waals surface area contributed by atoms with Crippen molar-refractivity contribution in [1.82, 2.24) is 0 Å². The number of carbonyl (C=O) groups is 3. The monoisotopic (exact) mass is 576 g/mol. The van der Waals surface area contributed by atoms with Crippen molar-refractivity contribution in [3.05, 3.63) is 77.9 Å². The van der Waals surface area contributed by atoms with Crippen molar-refractivity contribution in [3.8, 4) is 23.0 Å². The quantitative estimate of drug-likeness (QED) is 0.0792. The highest BCUT2D eigenvalue weighted by Crippen LogP contribution is 2.46. The summed E-state index contributed by atoms with van der Waals surface area (Å²) in [6, 6.07) is 6.34. The molecule has 0 aliphatic rings. The summed E-state index contributed by atoms with van der Waals surface area (Å²) < 4.78 is 23.5. The van der Waals surface area contributed by atoms with Gasteiger partial charge in [0.25, 0.3) is 0 Å². The van der Waals surface area contributed by atoms with Crippen molar-refractivity contribution in [2.45, 2.75) is 67.7 Å². The molecule has 2 aromatic carbocycles. The van der Waals surface area contributed by atoms with Crippen molar-refractivity contribution >= 4 is 23.8 Å². The number of hydrogen-bond acceptors (Lipinski definition) is 7. The summed E-state index contributed by atoms with van der Waals surface area (Å²) >= 11 is 0. The van der Waals surface area contributed by atoms with Crippen LogP contribution in [0.2, 0.25) is 0 Å². The van der Waals surface area contributed by atoms with E-state index in [1.807, 2.05) is 6.92 Å². The lowest BCUT2D eigenvalue weighted by atomic mass is 9.94. The molecule has 0 unspecified atom stereocenters. The number of hydrogen-bond donors (Lipinski definition) is 0. The van der Waals surface area contributed by atoms with Crippen molar-refractivity contribution in [2.75, 3.05) is 13.7 Å². The molecule has 0 saturated heterocycles. The van der Waals surface area contributed by atoms with Gasteiger partial charge in [-0.05, 0) is 97.2 Å². The molecule has 42 heavy (non-hydrogen) atoms. The molecular formula is C35H44O7. The van der Waals surface area contributed by atoms with Crippen LogP contribution in [0.25, 0.3) is 6.08 Å². The highest BCUT2D eigenvalue weighted by molar-refractivity contribution is 6.07. The summed E-state index contributed by atoms with van der Waals surface area (Å²) in [5.41, 5.74) is 0.721. The Morgan fingerprint density at radius 1 is 0.786 bits per heavy atom. The number of ketones is 1. The largest absolute Gasteiger partial charge is 0.496 e. The number of rotatable bonds is 13. The van der Waals surface area contributed by atoms with Crippen LogP contribution in [0.1, 0.15) is 81.9 Å². The average molecular weight is 577 g/mol. The number of carbonyl (C=O) groups excluding carboxylic acids is 3. The first kappa shape index (κ1) is 34.1. The molecule has 0 bridgehead atoms. The van der Waals surface area contributed by atoms with Crippen molar-refractivity contribution in [3.63, 3.8) is 0 Å². The van der Waals surface area contributed by atoms with Crippen LogP contribution in [-0.2, 0) is 22.4 Å². The number of esters is 2. The van der Waals surface area contributed by atoms with Gasteiger partial charge in [0.2, 0.25) is 0 Å². The van der Waals surface area contributed by atoms with Gasteiger partial charge in [-0.15, -0.1) is 13.2 Å². The van der Waals surface area contributed by atoms with E-state index in [0.29, 0.717) is 53.4 Å². The highest BCUT2D eigenvalue weighted by atomic mass is 16.5. The minimum atomic E-state index is -0.794. The molecule has 0 aromatic heterocycles. The van der Waals surface area contributed by atoms with E-state index in [0.717, 1.165) is 12.0 Å². The van der Waals surface area contributed by atoms with Crippen LogP contribution in [0.5, 0.6) is 23.0 Å². The summed E-state index contributed by atoms with van der Waals surface area (Å²) in [5.74, 6) is 0.440. The maximum atomic E-state index is 13.3. The molecule has 2 aromatic rings. The smallest absolute Gasteiger partial charge is 0.316 e. The zero-order valence-electron chi connectivity index (χ0n) is 26.2. The van der Waals surface area contributed by atoms with Gasteiger partial charge in [0.1, 0.15) is 23.0 Å². The topological polar surface area (TPSA) is 88.1 Å². The second-order valence-electron chi connectivity index (χ2n) is 11.9. The van der Waals surface area contributed by atoms with Gasteiger partial charge in [0.05, 0.1) is 30.1 Å². The van der Waals surface area contributed by atoms with Crippen LogP contribution in [0.4, 0.5) is 0 Å². The number of ether oxygens (including phenoxy) is 4. The van der Waals surface area contributed by atoms with Crippen molar-refractivity contribution < 1.29 is 33.3 Å². The van der Waals surface area contributed by atoms with Crippen LogP contribution in [0.15, 0.2) is 55.7 Å². The van der Waals surface area contributed by atoms with Gasteiger partial charge in [0.15, 0.2) is 5.78 Å².